The molecule has 0 radical (unpaired) electrons. The first-order valence-corrected chi connectivity index (χ1v) is 8.36. The van der Waals surface area contributed by atoms with Gasteiger partial charge < -0.3 is 10.1 Å². The van der Waals surface area contributed by atoms with Crippen molar-refractivity contribution in [3.63, 3.8) is 0 Å². The summed E-state index contributed by atoms with van der Waals surface area (Å²) in [7, 11) is 1.60. The average Bonchev–Trinajstić information content (AvgIpc) is 3.09. The van der Waals surface area contributed by atoms with Crippen LogP contribution in [-0.2, 0) is 4.74 Å². The lowest BCUT2D eigenvalue weighted by Crippen LogP contribution is -2.35. The van der Waals surface area contributed by atoms with E-state index in [1.807, 2.05) is 19.9 Å². The number of hydrogen-bond donors (Lipinski definition) is 1. The van der Waals surface area contributed by atoms with Crippen LogP contribution in [0.4, 0.5) is 4.39 Å². The topological polar surface area (TPSA) is 56.1 Å². The third-order valence-corrected chi connectivity index (χ3v) is 4.74. The van der Waals surface area contributed by atoms with Gasteiger partial charge in [-0.25, -0.2) is 9.07 Å². The molecule has 2 aromatic heterocycles. The number of hydrogen-bond acceptors (Lipinski definition) is 4. The molecule has 126 valence electrons. The number of halogens is 1. The van der Waals surface area contributed by atoms with Crippen LogP contribution in [0.2, 0.25) is 0 Å². The summed E-state index contributed by atoms with van der Waals surface area (Å²) in [5.74, 6) is -0.428. The Kier molecular flexibility index (Phi) is 4.64. The first kappa shape index (κ1) is 16.6. The number of rotatable bonds is 5. The molecule has 2 heterocycles. The van der Waals surface area contributed by atoms with Crippen molar-refractivity contribution < 1.29 is 13.9 Å². The van der Waals surface area contributed by atoms with Crippen molar-refractivity contribution in [2.45, 2.75) is 19.9 Å². The highest BCUT2D eigenvalue weighted by atomic mass is 32.1. The number of ether oxygens (including phenoxy) is 1. The number of benzene rings is 1. The van der Waals surface area contributed by atoms with Crippen LogP contribution < -0.4 is 5.32 Å². The van der Waals surface area contributed by atoms with E-state index in [2.05, 4.69) is 10.4 Å². The Labute approximate surface area is 143 Å². The Morgan fingerprint density at radius 3 is 2.79 bits per heavy atom. The highest BCUT2D eigenvalue weighted by Gasteiger charge is 2.18. The molecule has 5 nitrogen and oxygen atoms in total. The largest absolute Gasteiger partial charge is 0.383 e. The molecule has 3 aromatic rings. The van der Waals surface area contributed by atoms with Crippen molar-refractivity contribution in [3.05, 3.63) is 46.7 Å². The van der Waals surface area contributed by atoms with Gasteiger partial charge in [0.2, 0.25) is 0 Å². The van der Waals surface area contributed by atoms with E-state index < -0.39 is 0 Å². The molecule has 0 spiro atoms. The Morgan fingerprint density at radius 1 is 1.42 bits per heavy atom. The molecule has 0 aliphatic heterocycles. The van der Waals surface area contributed by atoms with E-state index in [0.29, 0.717) is 11.5 Å². The molecule has 1 aromatic carbocycles. The van der Waals surface area contributed by atoms with Gasteiger partial charge in [-0.1, -0.05) is 0 Å². The summed E-state index contributed by atoms with van der Waals surface area (Å²) in [5.41, 5.74) is 1.59. The maximum atomic E-state index is 13.1. The van der Waals surface area contributed by atoms with Gasteiger partial charge in [-0.15, -0.1) is 11.3 Å². The SMILES string of the molecule is COCC(C)NC(=O)c1cc2c(C)nn(-c3ccc(F)cc3)c2s1. The highest BCUT2D eigenvalue weighted by molar-refractivity contribution is 7.20. The Bertz CT molecular complexity index is 870. The molecular weight excluding hydrogens is 329 g/mol. The van der Waals surface area contributed by atoms with Crippen LogP contribution in [0.1, 0.15) is 22.3 Å². The predicted molar refractivity (Wildman–Crippen MR) is 92.4 cm³/mol. The molecule has 1 amide bonds. The number of aryl methyl sites for hydroxylation is 1. The molecule has 1 N–H and O–H groups in total. The predicted octanol–water partition coefficient (Wildman–Crippen LogP) is 3.30. The van der Waals surface area contributed by atoms with Crippen LogP contribution >= 0.6 is 11.3 Å². The molecule has 1 unspecified atom stereocenters. The second-order valence-corrected chi connectivity index (χ2v) is 6.66. The molecule has 7 heteroatoms. The maximum absolute atomic E-state index is 13.1. The quantitative estimate of drug-likeness (QED) is 0.770. The fourth-order valence-electron chi connectivity index (χ4n) is 2.50. The zero-order valence-electron chi connectivity index (χ0n) is 13.7. The lowest BCUT2D eigenvalue weighted by molar-refractivity contribution is 0.0909. The van der Waals surface area contributed by atoms with Gasteiger partial charge in [-0.05, 0) is 44.2 Å². The van der Waals surface area contributed by atoms with Crippen molar-refractivity contribution in [1.82, 2.24) is 15.1 Å². The summed E-state index contributed by atoms with van der Waals surface area (Å²) in [4.78, 5) is 13.8. The average molecular weight is 347 g/mol. The second-order valence-electron chi connectivity index (χ2n) is 5.63. The van der Waals surface area contributed by atoms with Crippen LogP contribution in [0.3, 0.4) is 0 Å². The molecule has 3 rings (SSSR count). The monoisotopic (exact) mass is 347 g/mol. The van der Waals surface area contributed by atoms with Crippen molar-refractivity contribution in [2.75, 3.05) is 13.7 Å². The molecule has 0 aliphatic rings. The van der Waals surface area contributed by atoms with Gasteiger partial charge in [0, 0.05) is 18.5 Å². The van der Waals surface area contributed by atoms with Crippen molar-refractivity contribution in [2.24, 2.45) is 0 Å². The summed E-state index contributed by atoms with van der Waals surface area (Å²) in [6.07, 6.45) is 0. The zero-order valence-corrected chi connectivity index (χ0v) is 14.5. The number of thiophene rings is 1. The highest BCUT2D eigenvalue weighted by Crippen LogP contribution is 2.30. The minimum absolute atomic E-state index is 0.0672. The number of nitrogens with zero attached hydrogens (tertiary/aromatic N) is 2. The maximum Gasteiger partial charge on any atom is 0.261 e. The number of nitrogens with one attached hydrogen (secondary N) is 1. The molecule has 0 aliphatic carbocycles. The van der Waals surface area contributed by atoms with E-state index >= 15 is 0 Å². The number of carbonyl (C=O) groups is 1. The van der Waals surface area contributed by atoms with Gasteiger partial charge in [0.1, 0.15) is 10.6 Å². The van der Waals surface area contributed by atoms with Gasteiger partial charge in [-0.3, -0.25) is 4.79 Å². The molecule has 0 bridgehead atoms. The van der Waals surface area contributed by atoms with E-state index in [1.165, 1.54) is 23.5 Å². The molecule has 0 saturated heterocycles. The zero-order chi connectivity index (χ0) is 17.3. The first-order chi connectivity index (χ1) is 11.5. The number of carbonyl (C=O) groups excluding carboxylic acids is 1. The van der Waals surface area contributed by atoms with Gasteiger partial charge >= 0.3 is 0 Å². The van der Waals surface area contributed by atoms with Crippen molar-refractivity contribution in [1.29, 1.82) is 0 Å². The molecule has 24 heavy (non-hydrogen) atoms. The normalized spacial score (nSPS) is 12.5. The first-order valence-electron chi connectivity index (χ1n) is 7.54. The number of fused-ring (bicyclic) bond motifs is 1. The second kappa shape index (κ2) is 6.70. The van der Waals surface area contributed by atoms with E-state index in [9.17, 15) is 9.18 Å². The third kappa shape index (κ3) is 3.18. The molecule has 0 saturated carbocycles. The summed E-state index contributed by atoms with van der Waals surface area (Å²) >= 11 is 1.37. The van der Waals surface area contributed by atoms with E-state index in [4.69, 9.17) is 4.74 Å². The summed E-state index contributed by atoms with van der Waals surface area (Å²) in [6.45, 7) is 4.24. The number of amides is 1. The Balaban J connectivity index is 1.95. The van der Waals surface area contributed by atoms with Crippen molar-refractivity contribution in [3.8, 4) is 5.69 Å². The number of aromatic nitrogens is 2. The van der Waals surface area contributed by atoms with Gasteiger partial charge in [0.15, 0.2) is 0 Å². The van der Waals surface area contributed by atoms with E-state index in [-0.39, 0.29) is 17.8 Å². The Morgan fingerprint density at radius 2 is 2.12 bits per heavy atom. The molecular formula is C17H18FN3O2S. The molecule has 1 atom stereocenters. The van der Waals surface area contributed by atoms with Crippen LogP contribution in [0.25, 0.3) is 15.9 Å². The smallest absolute Gasteiger partial charge is 0.261 e. The van der Waals surface area contributed by atoms with Gasteiger partial charge in [-0.2, -0.15) is 5.10 Å². The fraction of sp³-hybridized carbons (Fsp3) is 0.294. The summed E-state index contributed by atoms with van der Waals surface area (Å²) in [5, 5.41) is 8.32. The summed E-state index contributed by atoms with van der Waals surface area (Å²) in [6, 6.07) is 7.90. The van der Waals surface area contributed by atoms with E-state index in [1.54, 1.807) is 23.9 Å². The lowest BCUT2D eigenvalue weighted by atomic mass is 10.3. The Hall–Kier alpha value is -2.25. The third-order valence-electron chi connectivity index (χ3n) is 3.63. The summed E-state index contributed by atoms with van der Waals surface area (Å²) < 4.78 is 19.9. The lowest BCUT2D eigenvalue weighted by Gasteiger charge is -2.11. The fourth-order valence-corrected chi connectivity index (χ4v) is 3.59. The standard InChI is InChI=1S/C17H18FN3O2S/c1-10(9-23-3)19-16(22)15-8-14-11(2)20-21(17(14)24-15)13-6-4-12(18)5-7-13/h4-8,10H,9H2,1-3H3,(H,19,22). The van der Waals surface area contributed by atoms with E-state index in [0.717, 1.165) is 21.6 Å². The van der Waals surface area contributed by atoms with Crippen LogP contribution in [0.5, 0.6) is 0 Å². The van der Waals surface area contributed by atoms with Crippen LogP contribution in [-0.4, -0.2) is 35.4 Å². The van der Waals surface area contributed by atoms with Crippen LogP contribution in [0.15, 0.2) is 30.3 Å². The van der Waals surface area contributed by atoms with Crippen LogP contribution in [0, 0.1) is 12.7 Å². The minimum Gasteiger partial charge on any atom is -0.383 e. The molecule has 0 fully saturated rings. The number of methoxy groups -OCH3 is 1. The van der Waals surface area contributed by atoms with Crippen molar-refractivity contribution >= 4 is 27.5 Å². The minimum atomic E-state index is -0.294. The van der Waals surface area contributed by atoms with Gasteiger partial charge in [0.25, 0.3) is 5.91 Å². The van der Waals surface area contributed by atoms with Gasteiger partial charge in [0.05, 0.1) is 22.9 Å².